The van der Waals surface area contributed by atoms with Crippen LogP contribution in [-0.4, -0.2) is 25.7 Å². The zero-order valence-electron chi connectivity index (χ0n) is 9.10. The Morgan fingerprint density at radius 1 is 1.35 bits per heavy atom. The van der Waals surface area contributed by atoms with Crippen LogP contribution in [0.3, 0.4) is 0 Å². The van der Waals surface area contributed by atoms with Crippen molar-refractivity contribution < 1.29 is 22.7 Å². The second-order valence-corrected chi connectivity index (χ2v) is 6.35. The normalized spacial score (nSPS) is 17.8. The molecule has 1 aromatic carbocycles. The van der Waals surface area contributed by atoms with E-state index in [1.165, 1.54) is 6.07 Å². The number of rotatable bonds is 3. The Labute approximate surface area is 98.0 Å². The van der Waals surface area contributed by atoms with Crippen molar-refractivity contribution in [1.29, 1.82) is 0 Å². The molecule has 0 spiro atoms. The van der Waals surface area contributed by atoms with Crippen LogP contribution in [0.25, 0.3) is 0 Å². The number of carboxylic acids is 1. The fraction of sp³-hybridized carbons (Fsp3) is 0.364. The minimum Gasteiger partial charge on any atom is -0.481 e. The van der Waals surface area contributed by atoms with Crippen molar-refractivity contribution in [3.05, 3.63) is 29.6 Å². The minimum atomic E-state index is -3.54. The summed E-state index contributed by atoms with van der Waals surface area (Å²) in [6.07, 6.45) is 1.79. The second kappa shape index (κ2) is 3.53. The highest BCUT2D eigenvalue weighted by atomic mass is 32.2. The van der Waals surface area contributed by atoms with Crippen LogP contribution in [0.5, 0.6) is 0 Å². The van der Waals surface area contributed by atoms with Gasteiger partial charge in [0.1, 0.15) is 5.82 Å². The summed E-state index contributed by atoms with van der Waals surface area (Å²) in [5, 5.41) is 9.07. The summed E-state index contributed by atoms with van der Waals surface area (Å²) in [7, 11) is -3.54. The molecule has 1 aromatic rings. The van der Waals surface area contributed by atoms with Crippen LogP contribution in [0.15, 0.2) is 23.1 Å². The lowest BCUT2D eigenvalue weighted by Crippen LogP contribution is -2.20. The van der Waals surface area contributed by atoms with Gasteiger partial charge in [-0.1, -0.05) is 0 Å². The van der Waals surface area contributed by atoms with Gasteiger partial charge < -0.3 is 5.11 Å². The molecule has 0 aromatic heterocycles. The Kier molecular flexibility index (Phi) is 2.50. The molecular weight excluding hydrogens is 247 g/mol. The van der Waals surface area contributed by atoms with E-state index in [1.54, 1.807) is 0 Å². The van der Waals surface area contributed by atoms with Crippen LogP contribution in [0.2, 0.25) is 0 Å². The minimum absolute atomic E-state index is 0.181. The molecule has 1 fully saturated rings. The van der Waals surface area contributed by atoms with Gasteiger partial charge >= 0.3 is 5.97 Å². The van der Waals surface area contributed by atoms with Crippen molar-refractivity contribution in [2.75, 3.05) is 6.26 Å². The highest BCUT2D eigenvalue weighted by molar-refractivity contribution is 7.90. The van der Waals surface area contributed by atoms with Gasteiger partial charge in [0.05, 0.1) is 10.3 Å². The van der Waals surface area contributed by atoms with E-state index in [0.29, 0.717) is 12.8 Å². The van der Waals surface area contributed by atoms with Gasteiger partial charge in [-0.3, -0.25) is 4.79 Å². The molecule has 6 heteroatoms. The zero-order valence-corrected chi connectivity index (χ0v) is 9.92. The maximum Gasteiger partial charge on any atom is 0.314 e. The summed E-state index contributed by atoms with van der Waals surface area (Å²) >= 11 is 0. The summed E-state index contributed by atoms with van der Waals surface area (Å²) in [4.78, 5) is 10.9. The molecule has 0 amide bonds. The van der Waals surface area contributed by atoms with Crippen molar-refractivity contribution in [2.45, 2.75) is 23.2 Å². The highest BCUT2D eigenvalue weighted by Gasteiger charge is 2.52. The highest BCUT2D eigenvalue weighted by Crippen LogP contribution is 2.48. The zero-order chi connectivity index (χ0) is 12.8. The summed E-state index contributed by atoms with van der Waals surface area (Å²) in [5.74, 6) is -1.77. The van der Waals surface area contributed by atoms with Gasteiger partial charge in [-0.2, -0.15) is 0 Å². The average Bonchev–Trinajstić information content (AvgIpc) is 2.95. The molecule has 0 saturated heterocycles. The first kappa shape index (κ1) is 12.0. The van der Waals surface area contributed by atoms with E-state index in [1.807, 2.05) is 0 Å². The molecule has 1 aliphatic carbocycles. The van der Waals surface area contributed by atoms with Gasteiger partial charge in [-0.15, -0.1) is 0 Å². The third kappa shape index (κ3) is 2.04. The van der Waals surface area contributed by atoms with Crippen LogP contribution in [0.1, 0.15) is 18.4 Å². The maximum absolute atomic E-state index is 13.3. The predicted octanol–water partition coefficient (Wildman–Crippen LogP) is 1.35. The van der Waals surface area contributed by atoms with Gasteiger partial charge in [0.2, 0.25) is 0 Å². The van der Waals surface area contributed by atoms with E-state index < -0.39 is 27.0 Å². The summed E-state index contributed by atoms with van der Waals surface area (Å²) < 4.78 is 36.0. The molecule has 1 saturated carbocycles. The van der Waals surface area contributed by atoms with Gasteiger partial charge in [-0.25, -0.2) is 12.8 Å². The SMILES string of the molecule is CS(=O)(=O)c1cc(F)cc(C2(C(=O)O)CC2)c1. The van der Waals surface area contributed by atoms with Crippen molar-refractivity contribution in [3.63, 3.8) is 0 Å². The van der Waals surface area contributed by atoms with Gasteiger partial charge in [0, 0.05) is 6.26 Å². The molecular formula is C11H11FO4S. The lowest BCUT2D eigenvalue weighted by Gasteiger charge is -2.11. The Morgan fingerprint density at radius 2 is 1.94 bits per heavy atom. The number of carboxylic acid groups (broad SMARTS) is 1. The number of sulfone groups is 1. The molecule has 0 aliphatic heterocycles. The van der Waals surface area contributed by atoms with E-state index in [2.05, 4.69) is 0 Å². The largest absolute Gasteiger partial charge is 0.481 e. The number of aliphatic carboxylic acids is 1. The van der Waals surface area contributed by atoms with Crippen LogP contribution < -0.4 is 0 Å². The first-order valence-corrected chi connectivity index (χ1v) is 6.89. The molecule has 0 heterocycles. The third-order valence-corrected chi connectivity index (χ3v) is 4.10. The Balaban J connectivity index is 2.58. The molecule has 0 bridgehead atoms. The summed E-state index contributed by atoms with van der Waals surface area (Å²) in [6.45, 7) is 0. The standard InChI is InChI=1S/C11H11FO4S/c1-17(15,16)9-5-7(4-8(12)6-9)11(2-3-11)10(13)14/h4-6H,2-3H2,1H3,(H,13,14). The van der Waals surface area contributed by atoms with Crippen molar-refractivity contribution in [2.24, 2.45) is 0 Å². The molecule has 0 atom stereocenters. The smallest absolute Gasteiger partial charge is 0.314 e. The first-order valence-electron chi connectivity index (χ1n) is 5.00. The summed E-state index contributed by atoms with van der Waals surface area (Å²) in [6, 6.07) is 3.24. The quantitative estimate of drug-likeness (QED) is 0.888. The van der Waals surface area contributed by atoms with Crippen molar-refractivity contribution in [3.8, 4) is 0 Å². The van der Waals surface area contributed by atoms with Crippen LogP contribution in [0.4, 0.5) is 4.39 Å². The lowest BCUT2D eigenvalue weighted by molar-refractivity contribution is -0.140. The monoisotopic (exact) mass is 258 g/mol. The number of benzene rings is 1. The molecule has 0 radical (unpaired) electrons. The second-order valence-electron chi connectivity index (χ2n) is 4.34. The molecule has 0 unspecified atom stereocenters. The number of carbonyl (C=O) groups is 1. The Hall–Kier alpha value is -1.43. The third-order valence-electron chi connectivity index (χ3n) is 3.01. The van der Waals surface area contributed by atoms with Crippen LogP contribution in [0, 0.1) is 5.82 Å². The Morgan fingerprint density at radius 3 is 2.35 bits per heavy atom. The lowest BCUT2D eigenvalue weighted by atomic mass is 9.96. The number of halogens is 1. The Bertz CT molecular complexity index is 587. The molecule has 2 rings (SSSR count). The van der Waals surface area contributed by atoms with Crippen LogP contribution >= 0.6 is 0 Å². The van der Waals surface area contributed by atoms with Crippen LogP contribution in [-0.2, 0) is 20.0 Å². The summed E-state index contributed by atoms with van der Waals surface area (Å²) in [5.41, 5.74) is -0.868. The van der Waals surface area contributed by atoms with Gasteiger partial charge in [0.25, 0.3) is 0 Å². The first-order chi connectivity index (χ1) is 7.75. The van der Waals surface area contributed by atoms with E-state index in [-0.39, 0.29) is 10.5 Å². The van der Waals surface area contributed by atoms with E-state index in [9.17, 15) is 17.6 Å². The fourth-order valence-corrected chi connectivity index (χ4v) is 2.47. The molecule has 4 nitrogen and oxygen atoms in total. The maximum atomic E-state index is 13.3. The topological polar surface area (TPSA) is 71.4 Å². The van der Waals surface area contributed by atoms with Crippen molar-refractivity contribution >= 4 is 15.8 Å². The molecule has 17 heavy (non-hydrogen) atoms. The number of hydrogen-bond acceptors (Lipinski definition) is 3. The number of hydrogen-bond donors (Lipinski definition) is 1. The molecule has 92 valence electrons. The van der Waals surface area contributed by atoms with Gasteiger partial charge in [-0.05, 0) is 36.6 Å². The molecule has 1 N–H and O–H groups in total. The van der Waals surface area contributed by atoms with E-state index in [4.69, 9.17) is 5.11 Å². The van der Waals surface area contributed by atoms with Gasteiger partial charge in [0.15, 0.2) is 9.84 Å². The van der Waals surface area contributed by atoms with E-state index >= 15 is 0 Å². The average molecular weight is 258 g/mol. The molecule has 1 aliphatic rings. The van der Waals surface area contributed by atoms with E-state index in [0.717, 1.165) is 18.4 Å². The van der Waals surface area contributed by atoms with Crippen molar-refractivity contribution in [1.82, 2.24) is 0 Å². The predicted molar refractivity (Wildman–Crippen MR) is 58.1 cm³/mol. The fourth-order valence-electron chi connectivity index (χ4n) is 1.80.